The van der Waals surface area contributed by atoms with E-state index < -0.39 is 10.0 Å². The van der Waals surface area contributed by atoms with Crippen molar-refractivity contribution in [2.75, 3.05) is 16.7 Å². The van der Waals surface area contributed by atoms with Crippen molar-refractivity contribution in [3.05, 3.63) is 60.3 Å². The molecule has 0 atom stereocenters. The molecule has 7 heteroatoms. The number of pyridine rings is 1. The Morgan fingerprint density at radius 3 is 2.76 bits per heavy atom. The number of hydrogen-bond donors (Lipinski definition) is 1. The van der Waals surface area contributed by atoms with Gasteiger partial charge in [-0.25, -0.2) is 8.42 Å². The molecular weight excluding hydrogens is 338 g/mol. The molecule has 0 spiro atoms. The van der Waals surface area contributed by atoms with Crippen LogP contribution in [0.25, 0.3) is 10.9 Å². The minimum absolute atomic E-state index is 0.00624. The summed E-state index contributed by atoms with van der Waals surface area (Å²) in [4.78, 5) is 17.7. The molecule has 3 aromatic rings. The number of nitrogens with one attached hydrogen (secondary N) is 1. The quantitative estimate of drug-likeness (QED) is 0.785. The van der Waals surface area contributed by atoms with Crippen molar-refractivity contribution < 1.29 is 13.2 Å². The van der Waals surface area contributed by atoms with Crippen molar-refractivity contribution in [2.24, 2.45) is 0 Å². The van der Waals surface area contributed by atoms with Gasteiger partial charge in [-0.3, -0.25) is 14.5 Å². The lowest BCUT2D eigenvalue weighted by Gasteiger charge is -2.12. The number of anilines is 2. The highest BCUT2D eigenvalue weighted by atomic mass is 32.2. The van der Waals surface area contributed by atoms with Gasteiger partial charge in [0.2, 0.25) is 5.91 Å². The predicted octanol–water partition coefficient (Wildman–Crippen LogP) is 2.55. The molecule has 2 heterocycles. The Bertz CT molecular complexity index is 1100. The summed E-state index contributed by atoms with van der Waals surface area (Å²) in [5.74, 6) is -0.00624. The number of aromatic nitrogens is 1. The summed E-state index contributed by atoms with van der Waals surface area (Å²) in [6.07, 6.45) is 1.84. The largest absolute Gasteiger partial charge is 0.315 e. The van der Waals surface area contributed by atoms with Gasteiger partial charge in [0, 0.05) is 30.0 Å². The molecule has 0 aliphatic carbocycles. The number of sulfonamides is 1. The Morgan fingerprint density at radius 1 is 1.12 bits per heavy atom. The van der Waals surface area contributed by atoms with E-state index in [9.17, 15) is 13.2 Å². The minimum Gasteiger partial charge on any atom is -0.315 e. The van der Waals surface area contributed by atoms with E-state index in [0.29, 0.717) is 11.2 Å². The fourth-order valence-electron chi connectivity index (χ4n) is 3.04. The topological polar surface area (TPSA) is 79.4 Å². The molecule has 0 fully saturated rings. The van der Waals surface area contributed by atoms with Gasteiger partial charge < -0.3 is 4.90 Å². The fraction of sp³-hybridized carbons (Fsp3) is 0.111. The zero-order valence-corrected chi connectivity index (χ0v) is 14.2. The van der Waals surface area contributed by atoms with Gasteiger partial charge >= 0.3 is 0 Å². The van der Waals surface area contributed by atoms with Crippen molar-refractivity contribution in [3.8, 4) is 0 Å². The molecular formula is C18H15N3O3S. The van der Waals surface area contributed by atoms with Gasteiger partial charge in [-0.15, -0.1) is 0 Å². The van der Waals surface area contributed by atoms with Crippen molar-refractivity contribution in [1.29, 1.82) is 0 Å². The highest BCUT2D eigenvalue weighted by Crippen LogP contribution is 2.31. The lowest BCUT2D eigenvalue weighted by Crippen LogP contribution is -2.20. The predicted molar refractivity (Wildman–Crippen MR) is 96.1 cm³/mol. The third-order valence-electron chi connectivity index (χ3n) is 4.29. The van der Waals surface area contributed by atoms with Gasteiger partial charge in [-0.2, -0.15) is 0 Å². The van der Waals surface area contributed by atoms with E-state index >= 15 is 0 Å². The molecule has 1 amide bonds. The molecule has 0 saturated heterocycles. The number of amides is 1. The van der Waals surface area contributed by atoms with Crippen LogP contribution in [0.3, 0.4) is 0 Å². The van der Waals surface area contributed by atoms with Gasteiger partial charge in [-0.05, 0) is 35.9 Å². The monoisotopic (exact) mass is 353 g/mol. The van der Waals surface area contributed by atoms with Gasteiger partial charge in [0.15, 0.2) is 0 Å². The molecule has 1 aliphatic heterocycles. The molecule has 1 N–H and O–H groups in total. The molecule has 1 aromatic heterocycles. The Kier molecular flexibility index (Phi) is 3.47. The number of hydrogen-bond acceptors (Lipinski definition) is 4. The van der Waals surface area contributed by atoms with E-state index in [1.54, 1.807) is 48.5 Å². The van der Waals surface area contributed by atoms with E-state index in [0.717, 1.165) is 16.6 Å². The summed E-state index contributed by atoms with van der Waals surface area (Å²) < 4.78 is 28.2. The summed E-state index contributed by atoms with van der Waals surface area (Å²) >= 11 is 0. The van der Waals surface area contributed by atoms with Crippen LogP contribution >= 0.6 is 0 Å². The molecule has 0 radical (unpaired) electrons. The molecule has 4 rings (SSSR count). The van der Waals surface area contributed by atoms with Crippen LogP contribution in [0, 0.1) is 0 Å². The second-order valence-corrected chi connectivity index (χ2v) is 7.56. The maximum Gasteiger partial charge on any atom is 0.264 e. The summed E-state index contributed by atoms with van der Waals surface area (Å²) in [5, 5.41) is 0.756. The number of fused-ring (bicyclic) bond motifs is 2. The maximum atomic E-state index is 12.8. The Balaban J connectivity index is 1.73. The van der Waals surface area contributed by atoms with Gasteiger partial charge in [-0.1, -0.05) is 18.2 Å². The van der Waals surface area contributed by atoms with Crippen LogP contribution in [0.4, 0.5) is 11.4 Å². The first kappa shape index (κ1) is 15.6. The van der Waals surface area contributed by atoms with Crippen molar-refractivity contribution in [3.63, 3.8) is 0 Å². The minimum atomic E-state index is -3.80. The standard InChI is InChI=1S/C18H15N3O3S/c1-21-15-8-7-14(10-13(15)11-17(21)22)20-25(23,24)16-6-2-4-12-5-3-9-19-18(12)16/h2-10,20H,11H2,1H3. The summed E-state index contributed by atoms with van der Waals surface area (Å²) in [6, 6.07) is 13.7. The highest BCUT2D eigenvalue weighted by molar-refractivity contribution is 7.93. The van der Waals surface area contributed by atoms with E-state index in [1.165, 1.54) is 6.07 Å². The summed E-state index contributed by atoms with van der Waals surface area (Å²) in [7, 11) is -2.09. The Hall–Kier alpha value is -2.93. The van der Waals surface area contributed by atoms with Crippen LogP contribution in [0.5, 0.6) is 0 Å². The van der Waals surface area contributed by atoms with Crippen LogP contribution in [-0.2, 0) is 21.2 Å². The third kappa shape index (κ3) is 2.62. The number of benzene rings is 2. The van der Waals surface area contributed by atoms with E-state index in [4.69, 9.17) is 0 Å². The Labute approximate surface area is 145 Å². The zero-order chi connectivity index (χ0) is 17.6. The molecule has 0 saturated carbocycles. The van der Waals surface area contributed by atoms with E-state index in [-0.39, 0.29) is 17.2 Å². The fourth-order valence-corrected chi connectivity index (χ4v) is 4.27. The number of carbonyl (C=O) groups is 1. The lowest BCUT2D eigenvalue weighted by atomic mass is 10.1. The van der Waals surface area contributed by atoms with Crippen molar-refractivity contribution in [1.82, 2.24) is 4.98 Å². The van der Waals surface area contributed by atoms with Crippen molar-refractivity contribution >= 4 is 38.2 Å². The van der Waals surface area contributed by atoms with Gasteiger partial charge in [0.05, 0.1) is 11.9 Å². The smallest absolute Gasteiger partial charge is 0.264 e. The molecule has 0 bridgehead atoms. The second kappa shape index (κ2) is 5.56. The first-order valence-electron chi connectivity index (χ1n) is 7.72. The van der Waals surface area contributed by atoms with Crippen LogP contribution in [0.15, 0.2) is 59.6 Å². The molecule has 6 nitrogen and oxygen atoms in total. The first-order chi connectivity index (χ1) is 12.0. The number of carbonyl (C=O) groups excluding carboxylic acids is 1. The maximum absolute atomic E-state index is 12.8. The van der Waals surface area contributed by atoms with Gasteiger partial charge in [0.25, 0.3) is 10.0 Å². The van der Waals surface area contributed by atoms with Crippen LogP contribution in [-0.4, -0.2) is 26.4 Å². The average Bonchev–Trinajstić information content (AvgIpc) is 2.88. The summed E-state index contributed by atoms with van der Waals surface area (Å²) in [5.41, 5.74) is 2.46. The zero-order valence-electron chi connectivity index (χ0n) is 13.4. The SMILES string of the molecule is CN1C(=O)Cc2cc(NS(=O)(=O)c3cccc4cccnc34)ccc21. The Morgan fingerprint density at radius 2 is 1.92 bits per heavy atom. The average molecular weight is 353 g/mol. The highest BCUT2D eigenvalue weighted by Gasteiger charge is 2.25. The van der Waals surface area contributed by atoms with E-state index in [2.05, 4.69) is 9.71 Å². The molecule has 2 aromatic carbocycles. The summed E-state index contributed by atoms with van der Waals surface area (Å²) in [6.45, 7) is 0. The van der Waals surface area contributed by atoms with Crippen LogP contribution < -0.4 is 9.62 Å². The molecule has 25 heavy (non-hydrogen) atoms. The number of para-hydroxylation sites is 1. The molecule has 0 unspecified atom stereocenters. The molecule has 1 aliphatic rings. The van der Waals surface area contributed by atoms with Crippen LogP contribution in [0.2, 0.25) is 0 Å². The normalized spacial score (nSPS) is 14.0. The molecule has 126 valence electrons. The van der Waals surface area contributed by atoms with Crippen molar-refractivity contribution in [2.45, 2.75) is 11.3 Å². The number of likely N-dealkylation sites (N-methyl/N-ethyl adjacent to an activating group) is 1. The van der Waals surface area contributed by atoms with E-state index in [1.807, 2.05) is 12.1 Å². The second-order valence-electron chi connectivity index (χ2n) is 5.91. The number of rotatable bonds is 3. The van der Waals surface area contributed by atoms with Gasteiger partial charge in [0.1, 0.15) is 4.90 Å². The number of nitrogens with zero attached hydrogens (tertiary/aromatic N) is 2. The lowest BCUT2D eigenvalue weighted by molar-refractivity contribution is -0.117. The van der Waals surface area contributed by atoms with Crippen LogP contribution in [0.1, 0.15) is 5.56 Å². The third-order valence-corrected chi connectivity index (χ3v) is 5.71. The first-order valence-corrected chi connectivity index (χ1v) is 9.20.